The van der Waals surface area contributed by atoms with Crippen LogP contribution in [0.2, 0.25) is 0 Å². The molecule has 1 aliphatic rings. The van der Waals surface area contributed by atoms with E-state index in [9.17, 15) is 4.79 Å². The Labute approximate surface area is 173 Å². The SMILES string of the molecule is Cc1ccc(NC(=O)C2=CCC(N)C=C2)cc1Nc1nc(-c2cccnc2)cs1. The Morgan fingerprint density at radius 3 is 2.97 bits per heavy atom. The van der Waals surface area contributed by atoms with Gasteiger partial charge in [0.05, 0.1) is 5.69 Å². The predicted octanol–water partition coefficient (Wildman–Crippen LogP) is 4.41. The molecule has 0 saturated heterocycles. The van der Waals surface area contributed by atoms with Gasteiger partial charge < -0.3 is 16.4 Å². The van der Waals surface area contributed by atoms with Crippen LogP contribution >= 0.6 is 11.3 Å². The fraction of sp³-hybridized carbons (Fsp3) is 0.136. The number of pyridine rings is 1. The normalized spacial score (nSPS) is 15.7. The van der Waals surface area contributed by atoms with Gasteiger partial charge in [0.25, 0.3) is 5.91 Å². The average Bonchev–Trinajstić information content (AvgIpc) is 3.20. The zero-order valence-corrected chi connectivity index (χ0v) is 16.7. The molecule has 7 heteroatoms. The van der Waals surface area contributed by atoms with E-state index < -0.39 is 0 Å². The number of hydrogen-bond donors (Lipinski definition) is 3. The summed E-state index contributed by atoms with van der Waals surface area (Å²) < 4.78 is 0. The van der Waals surface area contributed by atoms with Crippen molar-refractivity contribution in [3.8, 4) is 11.3 Å². The number of carbonyl (C=O) groups is 1. The molecule has 2 heterocycles. The minimum atomic E-state index is -0.143. The second-order valence-corrected chi connectivity index (χ2v) is 7.66. The van der Waals surface area contributed by atoms with Crippen molar-refractivity contribution < 1.29 is 4.79 Å². The molecule has 146 valence electrons. The highest BCUT2D eigenvalue weighted by Crippen LogP contribution is 2.29. The molecule has 0 saturated carbocycles. The summed E-state index contributed by atoms with van der Waals surface area (Å²) in [6.07, 6.45) is 9.69. The molecule has 4 rings (SSSR count). The third kappa shape index (κ3) is 4.59. The van der Waals surface area contributed by atoms with Crippen molar-refractivity contribution in [2.75, 3.05) is 10.6 Å². The first kappa shape index (κ1) is 19.0. The lowest BCUT2D eigenvalue weighted by Crippen LogP contribution is -2.21. The molecule has 0 bridgehead atoms. The summed E-state index contributed by atoms with van der Waals surface area (Å²) in [5, 5.41) is 9.07. The third-order valence-corrected chi connectivity index (χ3v) is 5.35. The number of carbonyl (C=O) groups excluding carboxylic acids is 1. The van der Waals surface area contributed by atoms with Crippen molar-refractivity contribution in [1.29, 1.82) is 0 Å². The molecule has 1 atom stereocenters. The molecule has 1 unspecified atom stereocenters. The Kier molecular flexibility index (Phi) is 5.50. The highest BCUT2D eigenvalue weighted by Gasteiger charge is 2.13. The Hall–Kier alpha value is -3.29. The maximum atomic E-state index is 12.5. The molecule has 3 aromatic rings. The van der Waals surface area contributed by atoms with Crippen LogP contribution in [0.25, 0.3) is 11.3 Å². The van der Waals surface area contributed by atoms with Gasteiger partial charge in [-0.15, -0.1) is 11.3 Å². The quantitative estimate of drug-likeness (QED) is 0.587. The standard InChI is InChI=1S/C22H21N5OS/c1-14-4-9-18(25-21(28)15-5-7-17(23)8-6-15)11-19(14)26-22-27-20(13-29-22)16-3-2-10-24-12-16/h2-7,9-13,17H,8,23H2,1H3,(H,25,28)(H,26,27). The van der Waals surface area contributed by atoms with Crippen LogP contribution in [0.15, 0.2) is 71.9 Å². The van der Waals surface area contributed by atoms with Crippen molar-refractivity contribution in [2.24, 2.45) is 5.73 Å². The first-order chi connectivity index (χ1) is 14.1. The van der Waals surface area contributed by atoms with Crippen LogP contribution in [0, 0.1) is 6.92 Å². The molecule has 2 aromatic heterocycles. The van der Waals surface area contributed by atoms with E-state index in [1.54, 1.807) is 18.5 Å². The number of nitrogens with two attached hydrogens (primary N) is 1. The number of rotatable bonds is 5. The number of hydrogen-bond acceptors (Lipinski definition) is 6. The Morgan fingerprint density at radius 1 is 1.31 bits per heavy atom. The van der Waals surface area contributed by atoms with Crippen LogP contribution in [0.3, 0.4) is 0 Å². The highest BCUT2D eigenvalue weighted by molar-refractivity contribution is 7.14. The van der Waals surface area contributed by atoms with E-state index in [0.29, 0.717) is 12.0 Å². The van der Waals surface area contributed by atoms with Crippen molar-refractivity contribution in [1.82, 2.24) is 9.97 Å². The minimum absolute atomic E-state index is 0.0171. The van der Waals surface area contributed by atoms with Crippen molar-refractivity contribution in [2.45, 2.75) is 19.4 Å². The Morgan fingerprint density at radius 2 is 2.21 bits per heavy atom. The molecular formula is C22H21N5OS. The molecular weight excluding hydrogens is 382 g/mol. The lowest BCUT2D eigenvalue weighted by Gasteiger charge is -2.13. The lowest BCUT2D eigenvalue weighted by atomic mass is 10.0. The summed E-state index contributed by atoms with van der Waals surface area (Å²) >= 11 is 1.52. The molecule has 0 aliphatic heterocycles. The summed E-state index contributed by atoms with van der Waals surface area (Å²) in [6, 6.07) is 9.62. The molecule has 1 aliphatic carbocycles. The van der Waals surface area contributed by atoms with E-state index in [0.717, 1.165) is 33.3 Å². The van der Waals surface area contributed by atoms with Crippen LogP contribution in [-0.2, 0) is 4.79 Å². The molecule has 0 fully saturated rings. The zero-order chi connectivity index (χ0) is 20.2. The average molecular weight is 404 g/mol. The number of benzene rings is 1. The van der Waals surface area contributed by atoms with Crippen LogP contribution < -0.4 is 16.4 Å². The number of anilines is 3. The maximum absolute atomic E-state index is 12.5. The molecule has 0 radical (unpaired) electrons. The zero-order valence-electron chi connectivity index (χ0n) is 15.9. The molecule has 1 aromatic carbocycles. The Bertz CT molecular complexity index is 1090. The molecule has 0 spiro atoms. The molecule has 1 amide bonds. The van der Waals surface area contributed by atoms with E-state index in [1.807, 2.05) is 54.8 Å². The minimum Gasteiger partial charge on any atom is -0.331 e. The number of nitrogens with one attached hydrogen (secondary N) is 2. The smallest absolute Gasteiger partial charge is 0.255 e. The highest BCUT2D eigenvalue weighted by atomic mass is 32.1. The van der Waals surface area contributed by atoms with Gasteiger partial charge >= 0.3 is 0 Å². The summed E-state index contributed by atoms with van der Waals surface area (Å²) in [6.45, 7) is 2.01. The van der Waals surface area contributed by atoms with Crippen molar-refractivity contribution >= 4 is 33.8 Å². The Balaban J connectivity index is 1.48. The van der Waals surface area contributed by atoms with Crippen molar-refractivity contribution in [3.63, 3.8) is 0 Å². The second-order valence-electron chi connectivity index (χ2n) is 6.81. The van der Waals surface area contributed by atoms with Gasteiger partial charge in [-0.05, 0) is 43.2 Å². The van der Waals surface area contributed by atoms with Gasteiger partial charge in [0.15, 0.2) is 5.13 Å². The lowest BCUT2D eigenvalue weighted by molar-refractivity contribution is -0.112. The number of amides is 1. The first-order valence-corrected chi connectivity index (χ1v) is 10.2. The van der Waals surface area contributed by atoms with Crippen molar-refractivity contribution in [3.05, 3.63) is 77.5 Å². The second kappa shape index (κ2) is 8.38. The summed E-state index contributed by atoms with van der Waals surface area (Å²) in [7, 11) is 0. The number of aromatic nitrogens is 2. The van der Waals surface area contributed by atoms with Gasteiger partial charge in [0, 0.05) is 46.3 Å². The van der Waals surface area contributed by atoms with Crippen LogP contribution in [0.4, 0.5) is 16.5 Å². The van der Waals surface area contributed by atoms with Gasteiger partial charge in [-0.2, -0.15) is 0 Å². The number of thiazole rings is 1. The number of nitrogens with zero attached hydrogens (tertiary/aromatic N) is 2. The van der Waals surface area contributed by atoms with E-state index in [2.05, 4.69) is 20.6 Å². The van der Waals surface area contributed by atoms with Crippen LogP contribution in [-0.4, -0.2) is 21.9 Å². The largest absolute Gasteiger partial charge is 0.331 e. The molecule has 4 N–H and O–H groups in total. The predicted molar refractivity (Wildman–Crippen MR) is 118 cm³/mol. The van der Waals surface area contributed by atoms with E-state index in [4.69, 9.17) is 5.73 Å². The van der Waals surface area contributed by atoms with E-state index in [-0.39, 0.29) is 11.9 Å². The first-order valence-electron chi connectivity index (χ1n) is 9.27. The van der Waals surface area contributed by atoms with Gasteiger partial charge in [0.2, 0.25) is 0 Å². The summed E-state index contributed by atoms with van der Waals surface area (Å²) in [5.74, 6) is -0.143. The van der Waals surface area contributed by atoms with Crippen LogP contribution in [0.5, 0.6) is 0 Å². The summed E-state index contributed by atoms with van der Waals surface area (Å²) in [5.41, 5.74) is 11.0. The van der Waals surface area contributed by atoms with Gasteiger partial charge in [-0.3, -0.25) is 9.78 Å². The van der Waals surface area contributed by atoms with Crippen LogP contribution in [0.1, 0.15) is 12.0 Å². The van der Waals surface area contributed by atoms with Gasteiger partial charge in [-0.25, -0.2) is 4.98 Å². The fourth-order valence-corrected chi connectivity index (χ4v) is 3.67. The monoisotopic (exact) mass is 403 g/mol. The van der Waals surface area contributed by atoms with Gasteiger partial charge in [-0.1, -0.05) is 24.3 Å². The summed E-state index contributed by atoms with van der Waals surface area (Å²) in [4.78, 5) is 21.3. The van der Waals surface area contributed by atoms with E-state index in [1.165, 1.54) is 11.3 Å². The van der Waals surface area contributed by atoms with E-state index >= 15 is 0 Å². The third-order valence-electron chi connectivity index (χ3n) is 4.59. The topological polar surface area (TPSA) is 92.9 Å². The van der Waals surface area contributed by atoms with Gasteiger partial charge in [0.1, 0.15) is 0 Å². The fourth-order valence-electron chi connectivity index (χ4n) is 2.94. The molecule has 29 heavy (non-hydrogen) atoms. The number of aryl methyl sites for hydroxylation is 1. The molecule has 6 nitrogen and oxygen atoms in total. The maximum Gasteiger partial charge on any atom is 0.255 e.